The van der Waals surface area contributed by atoms with Gasteiger partial charge in [0.05, 0.1) is 6.04 Å². The third kappa shape index (κ3) is 5.18. The number of carbonyl (C=O) groups is 1. The van der Waals surface area contributed by atoms with Gasteiger partial charge in [-0.15, -0.1) is 0 Å². The first-order valence-electron chi connectivity index (χ1n) is 4.77. The van der Waals surface area contributed by atoms with Gasteiger partial charge in [-0.25, -0.2) is 0 Å². The van der Waals surface area contributed by atoms with Crippen LogP contribution in [0.3, 0.4) is 0 Å². The minimum atomic E-state index is 0.0237. The number of halogens is 1. The van der Waals surface area contributed by atoms with E-state index in [1.165, 1.54) is 6.92 Å². The van der Waals surface area contributed by atoms with Crippen molar-refractivity contribution in [1.82, 2.24) is 0 Å². The second kappa shape index (κ2) is 5.97. The van der Waals surface area contributed by atoms with Gasteiger partial charge in [-0.3, -0.25) is 9.79 Å². The van der Waals surface area contributed by atoms with E-state index >= 15 is 0 Å². The maximum Gasteiger partial charge on any atom is 0.155 e. The Bertz CT molecular complexity index is 266. The van der Waals surface area contributed by atoms with Crippen molar-refractivity contribution in [2.75, 3.05) is 0 Å². The largest absolute Gasteiger partial charge is 0.295 e. The van der Waals surface area contributed by atoms with Gasteiger partial charge in [0.25, 0.3) is 0 Å². The summed E-state index contributed by atoms with van der Waals surface area (Å²) in [6.45, 7) is 9.42. The third-order valence-electron chi connectivity index (χ3n) is 2.18. The van der Waals surface area contributed by atoms with Crippen LogP contribution in [0.4, 0.5) is 0 Å². The normalized spacial score (nSPS) is 15.9. The highest BCUT2D eigenvalue weighted by Gasteiger charge is 2.05. The molecule has 0 heterocycles. The summed E-state index contributed by atoms with van der Waals surface area (Å²) in [5.41, 5.74) is 0.634. The van der Waals surface area contributed by atoms with Crippen LogP contribution >= 0.6 is 11.6 Å². The molecule has 14 heavy (non-hydrogen) atoms. The van der Waals surface area contributed by atoms with Crippen molar-refractivity contribution in [2.45, 2.75) is 40.7 Å². The van der Waals surface area contributed by atoms with E-state index in [2.05, 4.69) is 18.8 Å². The predicted molar refractivity (Wildman–Crippen MR) is 62.0 cm³/mol. The molecule has 0 bridgehead atoms. The molecule has 0 aromatic heterocycles. The summed E-state index contributed by atoms with van der Waals surface area (Å²) < 4.78 is 0. The van der Waals surface area contributed by atoms with Crippen LogP contribution in [-0.2, 0) is 4.79 Å². The van der Waals surface area contributed by atoms with E-state index in [0.29, 0.717) is 16.7 Å². The van der Waals surface area contributed by atoms with Crippen molar-refractivity contribution < 1.29 is 4.79 Å². The molecule has 80 valence electrons. The second-order valence-corrected chi connectivity index (χ2v) is 4.21. The van der Waals surface area contributed by atoms with Crippen LogP contribution < -0.4 is 0 Å². The van der Waals surface area contributed by atoms with Crippen molar-refractivity contribution in [3.05, 3.63) is 11.6 Å². The lowest BCUT2D eigenvalue weighted by Gasteiger charge is -2.09. The third-order valence-corrected chi connectivity index (χ3v) is 2.39. The van der Waals surface area contributed by atoms with Gasteiger partial charge < -0.3 is 0 Å². The lowest BCUT2D eigenvalue weighted by molar-refractivity contribution is -0.113. The SMILES string of the molecule is CC(=O)/C(C)=C\C(Cl)=NC(C)C(C)C. The van der Waals surface area contributed by atoms with Crippen molar-refractivity contribution in [3.63, 3.8) is 0 Å². The van der Waals surface area contributed by atoms with Crippen LogP contribution in [0.1, 0.15) is 34.6 Å². The maximum absolute atomic E-state index is 10.9. The molecule has 1 unspecified atom stereocenters. The molecule has 2 nitrogen and oxygen atoms in total. The highest BCUT2D eigenvalue weighted by atomic mass is 35.5. The average Bonchev–Trinajstić information content (AvgIpc) is 2.03. The molecule has 3 heteroatoms. The minimum absolute atomic E-state index is 0.0237. The Balaban J connectivity index is 4.55. The number of ketones is 1. The van der Waals surface area contributed by atoms with Gasteiger partial charge in [0, 0.05) is 0 Å². The van der Waals surface area contributed by atoms with Crippen molar-refractivity contribution in [3.8, 4) is 0 Å². The summed E-state index contributed by atoms with van der Waals surface area (Å²) >= 11 is 5.88. The Hall–Kier alpha value is -0.630. The van der Waals surface area contributed by atoms with Gasteiger partial charge in [-0.1, -0.05) is 25.4 Å². The minimum Gasteiger partial charge on any atom is -0.295 e. The predicted octanol–water partition coefficient (Wildman–Crippen LogP) is 3.20. The Morgan fingerprint density at radius 1 is 1.29 bits per heavy atom. The summed E-state index contributed by atoms with van der Waals surface area (Å²) in [6.07, 6.45) is 1.61. The Morgan fingerprint density at radius 2 is 1.79 bits per heavy atom. The van der Waals surface area contributed by atoms with Crippen LogP contribution in [0.2, 0.25) is 0 Å². The molecular weight excluding hydrogens is 198 g/mol. The number of Topliss-reactive ketones (excluding diaryl/α,β-unsaturated/α-hetero) is 1. The zero-order valence-electron chi connectivity index (χ0n) is 9.47. The first-order valence-corrected chi connectivity index (χ1v) is 5.15. The molecule has 0 aliphatic rings. The van der Waals surface area contributed by atoms with Crippen molar-refractivity contribution in [1.29, 1.82) is 0 Å². The monoisotopic (exact) mass is 215 g/mol. The Morgan fingerprint density at radius 3 is 2.14 bits per heavy atom. The fourth-order valence-electron chi connectivity index (χ4n) is 0.661. The highest BCUT2D eigenvalue weighted by Crippen LogP contribution is 2.08. The van der Waals surface area contributed by atoms with Crippen molar-refractivity contribution >= 4 is 22.6 Å². The van der Waals surface area contributed by atoms with Gasteiger partial charge in [0.2, 0.25) is 0 Å². The molecule has 0 spiro atoms. The van der Waals surface area contributed by atoms with E-state index in [0.717, 1.165) is 0 Å². The second-order valence-electron chi connectivity index (χ2n) is 3.82. The number of carbonyl (C=O) groups excluding carboxylic acids is 1. The molecule has 0 amide bonds. The number of rotatable bonds is 4. The molecule has 0 aliphatic heterocycles. The summed E-state index contributed by atoms with van der Waals surface area (Å²) in [7, 11) is 0. The van der Waals surface area contributed by atoms with E-state index in [9.17, 15) is 4.79 Å². The Kier molecular flexibility index (Phi) is 5.70. The molecule has 0 radical (unpaired) electrons. The first-order chi connectivity index (χ1) is 6.34. The van der Waals surface area contributed by atoms with E-state index in [1.54, 1.807) is 13.0 Å². The molecule has 0 rings (SSSR count). The van der Waals surface area contributed by atoms with Crippen molar-refractivity contribution in [2.24, 2.45) is 10.9 Å². The average molecular weight is 216 g/mol. The molecule has 0 saturated heterocycles. The lowest BCUT2D eigenvalue weighted by Crippen LogP contribution is -2.09. The van der Waals surface area contributed by atoms with Gasteiger partial charge >= 0.3 is 0 Å². The number of aliphatic imine (C=N–C) groups is 1. The van der Waals surface area contributed by atoms with Gasteiger partial charge in [0.15, 0.2) is 5.78 Å². The standard InChI is InChI=1S/C11H18ClNO/c1-7(2)9(4)13-11(12)6-8(3)10(5)14/h6-7,9H,1-5H3/b8-6-,13-11?. The van der Waals surface area contributed by atoms with Crippen LogP contribution in [0, 0.1) is 5.92 Å². The maximum atomic E-state index is 10.9. The summed E-state index contributed by atoms with van der Waals surface area (Å²) in [6, 6.07) is 0.179. The zero-order valence-corrected chi connectivity index (χ0v) is 10.2. The summed E-state index contributed by atoms with van der Waals surface area (Å²) in [4.78, 5) is 15.2. The van der Waals surface area contributed by atoms with Crippen LogP contribution in [0.5, 0.6) is 0 Å². The fourth-order valence-corrected chi connectivity index (χ4v) is 0.979. The van der Waals surface area contributed by atoms with E-state index in [1.807, 2.05) is 6.92 Å². The molecule has 0 aromatic carbocycles. The lowest BCUT2D eigenvalue weighted by atomic mass is 10.1. The van der Waals surface area contributed by atoms with Crippen LogP contribution in [-0.4, -0.2) is 17.0 Å². The molecule has 0 aromatic rings. The van der Waals surface area contributed by atoms with Crippen LogP contribution in [0.15, 0.2) is 16.6 Å². The molecule has 0 fully saturated rings. The van der Waals surface area contributed by atoms with E-state index in [4.69, 9.17) is 11.6 Å². The number of allylic oxidation sites excluding steroid dienone is 2. The van der Waals surface area contributed by atoms with Gasteiger partial charge in [-0.05, 0) is 38.3 Å². The van der Waals surface area contributed by atoms with Gasteiger partial charge in [-0.2, -0.15) is 0 Å². The van der Waals surface area contributed by atoms with Gasteiger partial charge in [0.1, 0.15) is 5.17 Å². The molecule has 0 aliphatic carbocycles. The molecule has 0 N–H and O–H groups in total. The topological polar surface area (TPSA) is 29.4 Å². The first kappa shape index (κ1) is 13.4. The molecular formula is C11H18ClNO. The summed E-state index contributed by atoms with van der Waals surface area (Å²) in [5.74, 6) is 0.477. The summed E-state index contributed by atoms with van der Waals surface area (Å²) in [5, 5.41) is 0.402. The van der Waals surface area contributed by atoms with E-state index < -0.39 is 0 Å². The highest BCUT2D eigenvalue weighted by molar-refractivity contribution is 6.68. The number of nitrogens with zero attached hydrogens (tertiary/aromatic N) is 1. The fraction of sp³-hybridized carbons (Fsp3) is 0.636. The number of hydrogen-bond donors (Lipinski definition) is 0. The van der Waals surface area contributed by atoms with Crippen LogP contribution in [0.25, 0.3) is 0 Å². The Labute approximate surface area is 91.1 Å². The smallest absolute Gasteiger partial charge is 0.155 e. The molecule has 0 saturated carbocycles. The zero-order chi connectivity index (χ0) is 11.3. The quantitative estimate of drug-likeness (QED) is 0.523. The molecule has 1 atom stereocenters. The number of hydrogen-bond acceptors (Lipinski definition) is 2. The van der Waals surface area contributed by atoms with E-state index in [-0.39, 0.29) is 11.8 Å².